The van der Waals surface area contributed by atoms with Crippen LogP contribution >= 0.6 is 34.8 Å². The van der Waals surface area contributed by atoms with Crippen molar-refractivity contribution in [3.63, 3.8) is 0 Å². The van der Waals surface area contributed by atoms with Crippen molar-refractivity contribution in [2.24, 2.45) is 17.6 Å². The van der Waals surface area contributed by atoms with Gasteiger partial charge in [0, 0.05) is 11.6 Å². The number of benzene rings is 1. The lowest BCUT2D eigenvalue weighted by molar-refractivity contribution is -0.142. The molecular weight excluding hydrogens is 321 g/mol. The molecule has 0 aliphatic heterocycles. The minimum atomic E-state index is -0.860. The van der Waals surface area contributed by atoms with E-state index in [1.807, 2.05) is 6.92 Å². The van der Waals surface area contributed by atoms with Crippen LogP contribution in [-0.2, 0) is 11.2 Å². The van der Waals surface area contributed by atoms with E-state index in [2.05, 4.69) is 0 Å². The standard InChI is InChI=1S/C14H18Cl3NO2/c1-2-8(4-10(7-18)14(19)20)3-9-5-11(15)6-12(16)13(9)17/h5-6,8,10H,2-4,7,18H2,1H3,(H,19,20). The van der Waals surface area contributed by atoms with E-state index in [0.29, 0.717) is 27.9 Å². The third-order valence-corrected chi connectivity index (χ3v) is 4.47. The quantitative estimate of drug-likeness (QED) is 0.730. The summed E-state index contributed by atoms with van der Waals surface area (Å²) in [7, 11) is 0. The number of carboxylic acids is 1. The van der Waals surface area contributed by atoms with E-state index in [-0.39, 0.29) is 12.5 Å². The Kier molecular flexibility index (Phi) is 7.10. The van der Waals surface area contributed by atoms with E-state index in [9.17, 15) is 4.79 Å². The molecular formula is C14H18Cl3NO2. The van der Waals surface area contributed by atoms with E-state index in [0.717, 1.165) is 12.0 Å². The Hall–Kier alpha value is -0.480. The number of carbonyl (C=O) groups is 1. The zero-order valence-electron chi connectivity index (χ0n) is 11.2. The molecule has 1 aromatic carbocycles. The number of hydrogen-bond donors (Lipinski definition) is 2. The summed E-state index contributed by atoms with van der Waals surface area (Å²) in [5.74, 6) is -1.22. The predicted molar refractivity (Wildman–Crippen MR) is 83.8 cm³/mol. The summed E-state index contributed by atoms with van der Waals surface area (Å²) in [6.07, 6.45) is 1.99. The molecule has 20 heavy (non-hydrogen) atoms. The molecule has 0 bridgehead atoms. The van der Waals surface area contributed by atoms with E-state index in [1.54, 1.807) is 12.1 Å². The van der Waals surface area contributed by atoms with Crippen LogP contribution < -0.4 is 5.73 Å². The Morgan fingerprint density at radius 3 is 2.50 bits per heavy atom. The Bertz CT molecular complexity index is 480. The van der Waals surface area contributed by atoms with Crippen molar-refractivity contribution in [1.29, 1.82) is 0 Å². The molecule has 0 aromatic heterocycles. The second kappa shape index (κ2) is 8.08. The summed E-state index contributed by atoms with van der Waals surface area (Å²) in [6, 6.07) is 3.37. The molecule has 0 saturated carbocycles. The van der Waals surface area contributed by atoms with E-state index >= 15 is 0 Å². The van der Waals surface area contributed by atoms with Crippen molar-refractivity contribution >= 4 is 40.8 Å². The minimum Gasteiger partial charge on any atom is -0.481 e. The largest absolute Gasteiger partial charge is 0.481 e. The van der Waals surface area contributed by atoms with Crippen molar-refractivity contribution in [3.05, 3.63) is 32.8 Å². The summed E-state index contributed by atoms with van der Waals surface area (Å²) >= 11 is 18.1. The molecule has 0 radical (unpaired) electrons. The topological polar surface area (TPSA) is 63.3 Å². The van der Waals surface area contributed by atoms with Crippen molar-refractivity contribution in [2.75, 3.05) is 6.54 Å². The molecule has 112 valence electrons. The van der Waals surface area contributed by atoms with Gasteiger partial charge in [-0.1, -0.05) is 48.1 Å². The summed E-state index contributed by atoms with van der Waals surface area (Å²) in [6.45, 7) is 2.15. The molecule has 0 amide bonds. The molecule has 2 unspecified atom stereocenters. The molecule has 0 fully saturated rings. The Balaban J connectivity index is 2.86. The van der Waals surface area contributed by atoms with Gasteiger partial charge < -0.3 is 10.8 Å². The zero-order valence-corrected chi connectivity index (χ0v) is 13.5. The average molecular weight is 339 g/mol. The lowest BCUT2D eigenvalue weighted by Gasteiger charge is -2.20. The van der Waals surface area contributed by atoms with Crippen LogP contribution in [0.1, 0.15) is 25.3 Å². The van der Waals surface area contributed by atoms with Crippen LogP contribution in [0, 0.1) is 11.8 Å². The molecule has 0 heterocycles. The highest BCUT2D eigenvalue weighted by atomic mass is 35.5. The molecule has 3 nitrogen and oxygen atoms in total. The molecule has 0 aliphatic rings. The average Bonchev–Trinajstić information content (AvgIpc) is 2.39. The van der Waals surface area contributed by atoms with Gasteiger partial charge in [-0.3, -0.25) is 4.79 Å². The van der Waals surface area contributed by atoms with Crippen molar-refractivity contribution in [3.8, 4) is 0 Å². The predicted octanol–water partition coefficient (Wildman–Crippen LogP) is 4.27. The molecule has 1 aromatic rings. The minimum absolute atomic E-state index is 0.135. The summed E-state index contributed by atoms with van der Waals surface area (Å²) in [5.41, 5.74) is 6.34. The highest BCUT2D eigenvalue weighted by molar-refractivity contribution is 6.43. The lowest BCUT2D eigenvalue weighted by Crippen LogP contribution is -2.26. The van der Waals surface area contributed by atoms with Crippen LogP contribution in [0.2, 0.25) is 15.1 Å². The van der Waals surface area contributed by atoms with Crippen LogP contribution in [0.25, 0.3) is 0 Å². The number of nitrogens with two attached hydrogens (primary N) is 1. The summed E-state index contributed by atoms with van der Waals surface area (Å²) < 4.78 is 0. The number of halogens is 3. The van der Waals surface area contributed by atoms with Crippen LogP contribution in [0.4, 0.5) is 0 Å². The van der Waals surface area contributed by atoms with Gasteiger partial charge in [-0.25, -0.2) is 0 Å². The first-order valence-corrected chi connectivity index (χ1v) is 7.58. The second-order valence-electron chi connectivity index (χ2n) is 4.85. The molecule has 0 aliphatic carbocycles. The molecule has 6 heteroatoms. The Morgan fingerprint density at radius 2 is 2.00 bits per heavy atom. The molecule has 3 N–H and O–H groups in total. The fourth-order valence-electron chi connectivity index (χ4n) is 2.16. The van der Waals surface area contributed by atoms with E-state index in [4.69, 9.17) is 45.6 Å². The fourth-order valence-corrected chi connectivity index (χ4v) is 2.89. The van der Waals surface area contributed by atoms with Gasteiger partial charge in [-0.2, -0.15) is 0 Å². The van der Waals surface area contributed by atoms with Crippen molar-refractivity contribution in [1.82, 2.24) is 0 Å². The maximum atomic E-state index is 11.1. The first-order valence-electron chi connectivity index (χ1n) is 6.45. The van der Waals surface area contributed by atoms with Gasteiger partial charge in [0.2, 0.25) is 0 Å². The third-order valence-electron chi connectivity index (χ3n) is 3.41. The highest BCUT2D eigenvalue weighted by Gasteiger charge is 2.21. The van der Waals surface area contributed by atoms with E-state index in [1.165, 1.54) is 0 Å². The van der Waals surface area contributed by atoms with E-state index < -0.39 is 11.9 Å². The van der Waals surface area contributed by atoms with Gasteiger partial charge in [-0.05, 0) is 36.5 Å². The van der Waals surface area contributed by atoms with Crippen LogP contribution in [0.3, 0.4) is 0 Å². The van der Waals surface area contributed by atoms with Crippen LogP contribution in [0.15, 0.2) is 12.1 Å². The third kappa shape index (κ3) is 4.81. The smallest absolute Gasteiger partial charge is 0.307 e. The van der Waals surface area contributed by atoms with Crippen LogP contribution in [-0.4, -0.2) is 17.6 Å². The summed E-state index contributed by atoms with van der Waals surface area (Å²) in [5, 5.41) is 10.5. The number of rotatable bonds is 7. The number of hydrogen-bond acceptors (Lipinski definition) is 2. The monoisotopic (exact) mass is 337 g/mol. The maximum Gasteiger partial charge on any atom is 0.307 e. The van der Waals surface area contributed by atoms with Gasteiger partial charge in [0.25, 0.3) is 0 Å². The second-order valence-corrected chi connectivity index (χ2v) is 6.07. The van der Waals surface area contributed by atoms with Gasteiger partial charge in [-0.15, -0.1) is 0 Å². The summed E-state index contributed by atoms with van der Waals surface area (Å²) in [4.78, 5) is 11.1. The first-order chi connectivity index (χ1) is 9.38. The zero-order chi connectivity index (χ0) is 15.3. The molecule has 0 spiro atoms. The fraction of sp³-hybridized carbons (Fsp3) is 0.500. The molecule has 2 atom stereocenters. The Labute approximate surface area is 134 Å². The Morgan fingerprint density at radius 1 is 1.35 bits per heavy atom. The number of aliphatic carboxylic acids is 1. The lowest BCUT2D eigenvalue weighted by atomic mass is 9.87. The SMILES string of the molecule is CCC(Cc1cc(Cl)cc(Cl)c1Cl)CC(CN)C(=O)O. The van der Waals surface area contributed by atoms with Crippen molar-refractivity contribution < 1.29 is 9.90 Å². The van der Waals surface area contributed by atoms with Gasteiger partial charge >= 0.3 is 5.97 Å². The number of carboxylic acid groups (broad SMARTS) is 1. The van der Waals surface area contributed by atoms with Gasteiger partial charge in [0.15, 0.2) is 0 Å². The highest BCUT2D eigenvalue weighted by Crippen LogP contribution is 2.32. The molecule has 1 rings (SSSR count). The van der Waals surface area contributed by atoms with Crippen molar-refractivity contribution in [2.45, 2.75) is 26.2 Å². The van der Waals surface area contributed by atoms with Gasteiger partial charge in [0.05, 0.1) is 16.0 Å². The van der Waals surface area contributed by atoms with Gasteiger partial charge in [0.1, 0.15) is 0 Å². The normalized spacial score (nSPS) is 14.1. The van der Waals surface area contributed by atoms with Crippen LogP contribution in [0.5, 0.6) is 0 Å². The maximum absolute atomic E-state index is 11.1. The first kappa shape index (κ1) is 17.6. The molecule has 0 saturated heterocycles.